The molecule has 86 valence electrons. The van der Waals surface area contributed by atoms with E-state index in [0.29, 0.717) is 0 Å². The van der Waals surface area contributed by atoms with Crippen LogP contribution in [0.2, 0.25) is 0 Å². The number of carbonyl (C=O) groups excluding carboxylic acids is 1. The van der Waals surface area contributed by atoms with Gasteiger partial charge in [-0.05, 0) is 5.56 Å². The molecule has 0 atom stereocenters. The molecule has 0 heterocycles. The normalized spacial score (nSPS) is 10.4. The van der Waals surface area contributed by atoms with E-state index in [1.807, 2.05) is 0 Å². The predicted octanol–water partition coefficient (Wildman–Crippen LogP) is 2.46. The fourth-order valence-electron chi connectivity index (χ4n) is 1.44. The number of alkyl halides is 3. The van der Waals surface area contributed by atoms with Crippen LogP contribution in [-0.2, 0) is 12.6 Å². The Bertz CT molecular complexity index is 535. The lowest BCUT2D eigenvalue weighted by Crippen LogP contribution is -2.13. The SMILES string of the molecule is N#CCc1ccc(C=O)c(C#N)c1C(F)(F)F. The zero-order valence-corrected chi connectivity index (χ0v) is 8.38. The van der Waals surface area contributed by atoms with Gasteiger partial charge in [-0.1, -0.05) is 12.1 Å². The van der Waals surface area contributed by atoms with Crippen molar-refractivity contribution in [1.29, 1.82) is 10.5 Å². The van der Waals surface area contributed by atoms with E-state index in [9.17, 15) is 18.0 Å². The molecule has 1 rings (SSSR count). The van der Waals surface area contributed by atoms with Crippen molar-refractivity contribution in [2.75, 3.05) is 0 Å². The summed E-state index contributed by atoms with van der Waals surface area (Å²) in [6.45, 7) is 0. The molecule has 1 aromatic rings. The smallest absolute Gasteiger partial charge is 0.298 e. The molecular weight excluding hydrogens is 233 g/mol. The van der Waals surface area contributed by atoms with Crippen molar-refractivity contribution in [1.82, 2.24) is 0 Å². The monoisotopic (exact) mass is 238 g/mol. The van der Waals surface area contributed by atoms with E-state index < -0.39 is 23.7 Å². The summed E-state index contributed by atoms with van der Waals surface area (Å²) in [6.07, 6.45) is -5.05. The van der Waals surface area contributed by atoms with E-state index in [1.165, 1.54) is 6.07 Å². The Morgan fingerprint density at radius 1 is 1.29 bits per heavy atom. The second-order valence-corrected chi connectivity index (χ2v) is 3.13. The second kappa shape index (κ2) is 4.67. The summed E-state index contributed by atoms with van der Waals surface area (Å²) in [4.78, 5) is 10.6. The molecule has 0 aliphatic carbocycles. The Kier molecular flexibility index (Phi) is 3.49. The van der Waals surface area contributed by atoms with Gasteiger partial charge in [0, 0.05) is 5.56 Å². The third-order valence-electron chi connectivity index (χ3n) is 2.12. The summed E-state index contributed by atoms with van der Waals surface area (Å²) < 4.78 is 38.3. The summed E-state index contributed by atoms with van der Waals surface area (Å²) in [5, 5.41) is 17.1. The van der Waals surface area contributed by atoms with Crippen LogP contribution in [0.5, 0.6) is 0 Å². The highest BCUT2D eigenvalue weighted by molar-refractivity contribution is 5.80. The van der Waals surface area contributed by atoms with Crippen LogP contribution in [0.25, 0.3) is 0 Å². The summed E-state index contributed by atoms with van der Waals surface area (Å²) in [5.74, 6) is 0. The first-order valence-electron chi connectivity index (χ1n) is 4.41. The molecule has 0 unspecified atom stereocenters. The number of aldehydes is 1. The Labute approximate surface area is 94.7 Å². The van der Waals surface area contributed by atoms with Gasteiger partial charge in [-0.3, -0.25) is 4.79 Å². The van der Waals surface area contributed by atoms with Crippen LogP contribution in [-0.4, -0.2) is 6.29 Å². The first-order valence-corrected chi connectivity index (χ1v) is 4.41. The van der Waals surface area contributed by atoms with Crippen LogP contribution >= 0.6 is 0 Å². The fourth-order valence-corrected chi connectivity index (χ4v) is 1.44. The van der Waals surface area contributed by atoms with E-state index in [0.717, 1.165) is 12.1 Å². The Morgan fingerprint density at radius 2 is 1.94 bits per heavy atom. The molecule has 1 aromatic carbocycles. The van der Waals surface area contributed by atoms with Gasteiger partial charge >= 0.3 is 6.18 Å². The molecule has 0 radical (unpaired) electrons. The molecule has 3 nitrogen and oxygen atoms in total. The third kappa shape index (κ3) is 2.43. The highest BCUT2D eigenvalue weighted by Gasteiger charge is 2.37. The van der Waals surface area contributed by atoms with E-state index in [4.69, 9.17) is 10.5 Å². The molecule has 17 heavy (non-hydrogen) atoms. The Morgan fingerprint density at radius 3 is 2.35 bits per heavy atom. The van der Waals surface area contributed by atoms with Crippen LogP contribution in [0.4, 0.5) is 13.2 Å². The third-order valence-corrected chi connectivity index (χ3v) is 2.12. The molecule has 0 aliphatic heterocycles. The van der Waals surface area contributed by atoms with E-state index >= 15 is 0 Å². The number of hydrogen-bond acceptors (Lipinski definition) is 3. The zero-order chi connectivity index (χ0) is 13.1. The van der Waals surface area contributed by atoms with Gasteiger partial charge in [-0.2, -0.15) is 23.7 Å². The number of nitrogens with zero attached hydrogens (tertiary/aromatic N) is 2. The standard InChI is InChI=1S/C11H5F3N2O/c12-11(13,14)10-7(3-4-15)1-2-8(6-17)9(10)5-16/h1-2,6H,3H2. The van der Waals surface area contributed by atoms with Crippen LogP contribution in [0.1, 0.15) is 27.0 Å². The number of benzene rings is 1. The first-order chi connectivity index (χ1) is 7.95. The molecule has 0 aromatic heterocycles. The molecule has 6 heteroatoms. The molecule has 0 amide bonds. The molecule has 0 bridgehead atoms. The van der Waals surface area contributed by atoms with Crippen LogP contribution in [0.15, 0.2) is 12.1 Å². The Hall–Kier alpha value is -2.34. The number of hydrogen-bond donors (Lipinski definition) is 0. The maximum absolute atomic E-state index is 12.8. The molecule has 0 saturated carbocycles. The van der Waals surface area contributed by atoms with Gasteiger partial charge in [0.05, 0.1) is 23.6 Å². The van der Waals surface area contributed by atoms with E-state index in [1.54, 1.807) is 6.07 Å². The van der Waals surface area contributed by atoms with Crippen LogP contribution in [0.3, 0.4) is 0 Å². The van der Waals surface area contributed by atoms with Gasteiger partial charge in [-0.15, -0.1) is 0 Å². The van der Waals surface area contributed by atoms with Gasteiger partial charge in [-0.25, -0.2) is 0 Å². The van der Waals surface area contributed by atoms with Crippen molar-refractivity contribution in [3.63, 3.8) is 0 Å². The summed E-state index contributed by atoms with van der Waals surface area (Å²) in [5.41, 5.74) is -2.57. The average Bonchev–Trinajstić information content (AvgIpc) is 2.27. The zero-order valence-electron chi connectivity index (χ0n) is 8.38. The lowest BCUT2D eigenvalue weighted by Gasteiger charge is -2.13. The second-order valence-electron chi connectivity index (χ2n) is 3.13. The maximum atomic E-state index is 12.8. The predicted molar refractivity (Wildman–Crippen MR) is 50.9 cm³/mol. The minimum absolute atomic E-state index is 0.184. The molecule has 0 spiro atoms. The van der Waals surface area contributed by atoms with Gasteiger partial charge in [0.2, 0.25) is 0 Å². The van der Waals surface area contributed by atoms with Crippen molar-refractivity contribution >= 4 is 6.29 Å². The molecule has 0 fully saturated rings. The number of rotatable bonds is 2. The maximum Gasteiger partial charge on any atom is 0.418 e. The average molecular weight is 238 g/mol. The minimum atomic E-state index is -4.77. The largest absolute Gasteiger partial charge is 0.418 e. The van der Waals surface area contributed by atoms with Gasteiger partial charge in [0.1, 0.15) is 6.07 Å². The molecule has 0 aliphatic rings. The first kappa shape index (κ1) is 12.7. The molecule has 0 saturated heterocycles. The summed E-state index contributed by atoms with van der Waals surface area (Å²) in [7, 11) is 0. The van der Waals surface area contributed by atoms with Crippen molar-refractivity contribution in [2.24, 2.45) is 0 Å². The highest BCUT2D eigenvalue weighted by atomic mass is 19.4. The minimum Gasteiger partial charge on any atom is -0.298 e. The summed E-state index contributed by atoms with van der Waals surface area (Å²) in [6, 6.07) is 5.09. The number of carbonyl (C=O) groups is 1. The van der Waals surface area contributed by atoms with Crippen molar-refractivity contribution in [3.8, 4) is 12.1 Å². The van der Waals surface area contributed by atoms with Crippen LogP contribution < -0.4 is 0 Å². The van der Waals surface area contributed by atoms with Crippen molar-refractivity contribution in [2.45, 2.75) is 12.6 Å². The summed E-state index contributed by atoms with van der Waals surface area (Å²) >= 11 is 0. The van der Waals surface area contributed by atoms with Gasteiger partial charge in [0.15, 0.2) is 6.29 Å². The molecular formula is C11H5F3N2O. The van der Waals surface area contributed by atoms with Gasteiger partial charge in [0.25, 0.3) is 0 Å². The number of nitriles is 2. The fraction of sp³-hybridized carbons (Fsp3) is 0.182. The number of halogens is 3. The van der Waals surface area contributed by atoms with E-state index in [-0.39, 0.29) is 17.4 Å². The van der Waals surface area contributed by atoms with Gasteiger partial charge < -0.3 is 0 Å². The van der Waals surface area contributed by atoms with Crippen molar-refractivity contribution < 1.29 is 18.0 Å². The lowest BCUT2D eigenvalue weighted by atomic mass is 9.95. The lowest BCUT2D eigenvalue weighted by molar-refractivity contribution is -0.138. The van der Waals surface area contributed by atoms with E-state index in [2.05, 4.69) is 0 Å². The topological polar surface area (TPSA) is 64.7 Å². The van der Waals surface area contributed by atoms with Crippen LogP contribution in [0, 0.1) is 22.7 Å². The quantitative estimate of drug-likeness (QED) is 0.743. The highest BCUT2D eigenvalue weighted by Crippen LogP contribution is 2.35. The van der Waals surface area contributed by atoms with Crippen molar-refractivity contribution in [3.05, 3.63) is 34.4 Å². The Balaban J connectivity index is 3.65. The molecule has 0 N–H and O–H groups in total.